The molecule has 1 saturated heterocycles. The van der Waals surface area contributed by atoms with Gasteiger partial charge in [-0.2, -0.15) is 4.98 Å². The lowest BCUT2D eigenvalue weighted by Gasteiger charge is -2.40. The lowest BCUT2D eigenvalue weighted by molar-refractivity contribution is -0.126. The first-order chi connectivity index (χ1) is 20.9. The molecule has 1 amide bonds. The van der Waals surface area contributed by atoms with Crippen LogP contribution in [0.15, 0.2) is 54.0 Å². The van der Waals surface area contributed by atoms with Gasteiger partial charge in [0.2, 0.25) is 5.91 Å². The van der Waals surface area contributed by atoms with Gasteiger partial charge in [0, 0.05) is 44.0 Å². The minimum absolute atomic E-state index is 0.0369. The van der Waals surface area contributed by atoms with Gasteiger partial charge in [-0.3, -0.25) is 9.78 Å². The van der Waals surface area contributed by atoms with Crippen molar-refractivity contribution < 1.29 is 13.6 Å². The number of hydrogen-bond acceptors (Lipinski definition) is 7. The first-order valence-electron chi connectivity index (χ1n) is 14.6. The van der Waals surface area contributed by atoms with E-state index in [4.69, 9.17) is 4.98 Å². The maximum atomic E-state index is 16.2. The number of halogens is 2. The summed E-state index contributed by atoms with van der Waals surface area (Å²) in [5, 5.41) is 0.296. The summed E-state index contributed by atoms with van der Waals surface area (Å²) in [5.74, 6) is -1.34. The Kier molecular flexibility index (Phi) is 8.60. The molecule has 0 N–H and O–H groups in total. The highest BCUT2D eigenvalue weighted by Gasteiger charge is 2.31. The van der Waals surface area contributed by atoms with E-state index in [1.807, 2.05) is 51.6 Å². The summed E-state index contributed by atoms with van der Waals surface area (Å²) < 4.78 is 33.1. The summed E-state index contributed by atoms with van der Waals surface area (Å²) >= 11 is 0. The fraction of sp³-hybridized carbons (Fsp3) is 0.364. The summed E-state index contributed by atoms with van der Waals surface area (Å²) in [6, 6.07) is 7.44. The maximum absolute atomic E-state index is 16.2. The molecule has 9 nitrogen and oxygen atoms in total. The second-order valence-electron chi connectivity index (χ2n) is 11.8. The number of amides is 1. The van der Waals surface area contributed by atoms with Crippen LogP contribution in [-0.2, 0) is 11.3 Å². The molecule has 1 aliphatic rings. The quantitative estimate of drug-likeness (QED) is 0.280. The maximum Gasteiger partial charge on any atom is 0.355 e. The number of hydrogen-bond donors (Lipinski definition) is 0. The Labute approximate surface area is 255 Å². The molecule has 11 heteroatoms. The zero-order valence-electron chi connectivity index (χ0n) is 25.9. The normalized spacial score (nSPS) is 15.5. The number of carbonyl (C=O) groups is 1. The van der Waals surface area contributed by atoms with Crippen LogP contribution in [0.2, 0.25) is 0 Å². The first kappa shape index (κ1) is 30.9. The van der Waals surface area contributed by atoms with Gasteiger partial charge in [-0.05, 0) is 69.3 Å². The number of pyridine rings is 2. The fourth-order valence-electron chi connectivity index (χ4n) is 5.89. The molecule has 4 aromatic rings. The van der Waals surface area contributed by atoms with Crippen molar-refractivity contribution in [3.05, 3.63) is 88.1 Å². The molecule has 44 heavy (non-hydrogen) atoms. The van der Waals surface area contributed by atoms with E-state index in [2.05, 4.69) is 16.5 Å². The second kappa shape index (κ2) is 12.2. The predicted octanol–water partition coefficient (Wildman–Crippen LogP) is 4.84. The van der Waals surface area contributed by atoms with Crippen LogP contribution in [0.4, 0.5) is 14.6 Å². The summed E-state index contributed by atoms with van der Waals surface area (Å²) in [6.07, 6.45) is 2.95. The number of rotatable bonds is 7. The molecule has 0 radical (unpaired) electrons. The van der Waals surface area contributed by atoms with E-state index in [1.165, 1.54) is 22.8 Å². The van der Waals surface area contributed by atoms with Crippen LogP contribution in [-0.4, -0.2) is 75.0 Å². The predicted molar refractivity (Wildman–Crippen MR) is 168 cm³/mol. The first-order valence-corrected chi connectivity index (χ1v) is 14.6. The van der Waals surface area contributed by atoms with Gasteiger partial charge >= 0.3 is 5.69 Å². The number of aromatic nitrogens is 4. The van der Waals surface area contributed by atoms with Crippen LogP contribution < -0.4 is 10.6 Å². The molecule has 0 aliphatic carbocycles. The Balaban J connectivity index is 1.84. The Bertz CT molecular complexity index is 1820. The molecule has 5 rings (SSSR count). The van der Waals surface area contributed by atoms with E-state index in [9.17, 15) is 9.59 Å². The van der Waals surface area contributed by atoms with Gasteiger partial charge in [0.1, 0.15) is 23.1 Å². The number of piperazine rings is 1. The topological polar surface area (TPSA) is 87.5 Å². The molecule has 0 bridgehead atoms. The Hall–Kier alpha value is -4.51. The van der Waals surface area contributed by atoms with Crippen LogP contribution in [0.3, 0.4) is 0 Å². The van der Waals surface area contributed by atoms with Crippen LogP contribution in [0.1, 0.15) is 43.5 Å². The zero-order chi connectivity index (χ0) is 31.9. The molecular weight excluding hydrogens is 564 g/mol. The van der Waals surface area contributed by atoms with E-state index < -0.39 is 17.3 Å². The summed E-state index contributed by atoms with van der Waals surface area (Å²) in [6.45, 7) is 12.7. The monoisotopic (exact) mass is 601 g/mol. The third kappa shape index (κ3) is 5.59. The summed E-state index contributed by atoms with van der Waals surface area (Å²) in [7, 11) is 3.69. The molecule has 230 valence electrons. The third-order valence-electron chi connectivity index (χ3n) is 7.94. The Morgan fingerprint density at radius 2 is 1.91 bits per heavy atom. The van der Waals surface area contributed by atoms with Gasteiger partial charge in [0.05, 0.1) is 16.8 Å². The van der Waals surface area contributed by atoms with Crippen molar-refractivity contribution in [1.82, 2.24) is 29.3 Å². The molecule has 0 unspecified atom stereocenters. The van der Waals surface area contributed by atoms with Crippen molar-refractivity contribution in [1.29, 1.82) is 0 Å². The van der Waals surface area contributed by atoms with Gasteiger partial charge in [-0.25, -0.2) is 23.1 Å². The Morgan fingerprint density at radius 1 is 1.16 bits per heavy atom. The smallest absolute Gasteiger partial charge is 0.350 e. The standard InChI is InChI=1S/C33H37F2N7O2/c1-8-26(43)40-14-15-41(21(5)17-40)31-23-16-25(35)29(27-22(18-39(6)7)10-9-11-24(27)34)37-32(23)42(33(44)38-31)30-20(4)12-13-36-28(30)19(2)3/h8-13,16,19,21H,1,14-15,17-18H2,2-7H3/t21-/m0/s1. The summed E-state index contributed by atoms with van der Waals surface area (Å²) in [5.41, 5.74) is 1.85. The van der Waals surface area contributed by atoms with Crippen molar-refractivity contribution in [2.75, 3.05) is 38.6 Å². The molecule has 1 aromatic carbocycles. The number of nitrogens with zero attached hydrogens (tertiary/aromatic N) is 7. The van der Waals surface area contributed by atoms with Crippen LogP contribution in [0, 0.1) is 18.6 Å². The van der Waals surface area contributed by atoms with Gasteiger partial charge in [0.15, 0.2) is 5.65 Å². The molecule has 1 fully saturated rings. The summed E-state index contributed by atoms with van der Waals surface area (Å²) in [4.78, 5) is 45.6. The molecule has 1 atom stereocenters. The van der Waals surface area contributed by atoms with Gasteiger partial charge in [0.25, 0.3) is 0 Å². The van der Waals surface area contributed by atoms with Crippen molar-refractivity contribution in [2.24, 2.45) is 0 Å². The number of carbonyl (C=O) groups excluding carboxylic acids is 1. The third-order valence-corrected chi connectivity index (χ3v) is 7.94. The average molecular weight is 602 g/mol. The highest BCUT2D eigenvalue weighted by atomic mass is 19.1. The molecule has 4 heterocycles. The Morgan fingerprint density at radius 3 is 2.57 bits per heavy atom. The van der Waals surface area contributed by atoms with E-state index in [1.54, 1.807) is 29.3 Å². The van der Waals surface area contributed by atoms with Gasteiger partial charge in [-0.1, -0.05) is 32.6 Å². The van der Waals surface area contributed by atoms with Crippen LogP contribution >= 0.6 is 0 Å². The molecule has 3 aromatic heterocycles. The highest BCUT2D eigenvalue weighted by molar-refractivity contribution is 5.91. The number of aryl methyl sites for hydroxylation is 1. The van der Waals surface area contributed by atoms with E-state index in [0.717, 1.165) is 5.56 Å². The number of anilines is 1. The second-order valence-corrected chi connectivity index (χ2v) is 11.8. The van der Waals surface area contributed by atoms with E-state index in [-0.39, 0.29) is 40.6 Å². The van der Waals surface area contributed by atoms with E-state index >= 15 is 8.78 Å². The molecule has 1 aliphatic heterocycles. The van der Waals surface area contributed by atoms with Gasteiger partial charge < -0.3 is 14.7 Å². The lowest BCUT2D eigenvalue weighted by atomic mass is 10.0. The van der Waals surface area contributed by atoms with Crippen LogP contribution in [0.5, 0.6) is 0 Å². The zero-order valence-corrected chi connectivity index (χ0v) is 25.9. The van der Waals surface area contributed by atoms with Gasteiger partial charge in [-0.15, -0.1) is 0 Å². The van der Waals surface area contributed by atoms with Crippen molar-refractivity contribution in [3.8, 4) is 16.9 Å². The SMILES string of the molecule is C=CC(=O)N1CCN(c2nc(=O)n(-c3c(C)ccnc3C(C)C)c3nc(-c4c(F)cccc4CN(C)C)c(F)cc23)[C@@H](C)C1. The van der Waals surface area contributed by atoms with Crippen LogP contribution in [0.25, 0.3) is 28.0 Å². The average Bonchev–Trinajstić information content (AvgIpc) is 2.97. The minimum atomic E-state index is -0.740. The fourth-order valence-corrected chi connectivity index (χ4v) is 5.89. The lowest BCUT2D eigenvalue weighted by Crippen LogP contribution is -2.54. The van der Waals surface area contributed by atoms with Crippen molar-refractivity contribution in [3.63, 3.8) is 0 Å². The highest BCUT2D eigenvalue weighted by Crippen LogP contribution is 2.35. The molecular formula is C33H37F2N7O2. The largest absolute Gasteiger partial charge is 0.355 e. The van der Waals surface area contributed by atoms with E-state index in [0.29, 0.717) is 48.5 Å². The minimum Gasteiger partial charge on any atom is -0.350 e. The molecule has 0 saturated carbocycles. The number of benzene rings is 1. The van der Waals surface area contributed by atoms with Crippen molar-refractivity contribution >= 4 is 22.8 Å². The van der Waals surface area contributed by atoms with Crippen molar-refractivity contribution in [2.45, 2.75) is 46.2 Å². The number of fused-ring (bicyclic) bond motifs is 1. The molecule has 0 spiro atoms.